The van der Waals surface area contributed by atoms with Gasteiger partial charge in [0.2, 0.25) is 0 Å². The van der Waals surface area contributed by atoms with Gasteiger partial charge in [-0.25, -0.2) is 9.18 Å². The van der Waals surface area contributed by atoms with E-state index in [4.69, 9.17) is 14.2 Å². The van der Waals surface area contributed by atoms with Gasteiger partial charge in [0.15, 0.2) is 5.82 Å². The largest absolute Gasteiger partial charge is 0.445 e. The molecular formula is C31H34FN5O6S. The first-order valence-electron chi connectivity index (χ1n) is 14.1. The summed E-state index contributed by atoms with van der Waals surface area (Å²) in [5, 5.41) is 10.3. The Morgan fingerprint density at radius 2 is 1.77 bits per heavy atom. The van der Waals surface area contributed by atoms with Crippen molar-refractivity contribution in [2.75, 3.05) is 51.9 Å². The summed E-state index contributed by atoms with van der Waals surface area (Å²) in [5.74, 6) is -1.26. The summed E-state index contributed by atoms with van der Waals surface area (Å²) in [6, 6.07) is 15.0. The maximum absolute atomic E-state index is 14.5. The number of morpholine rings is 1. The third-order valence-corrected chi connectivity index (χ3v) is 8.31. The zero-order valence-corrected chi connectivity index (χ0v) is 25.5. The number of hydrogen-bond acceptors (Lipinski definition) is 9. The lowest BCUT2D eigenvalue weighted by Crippen LogP contribution is -2.41. The molecule has 0 saturated carbocycles. The molecule has 1 aliphatic rings. The summed E-state index contributed by atoms with van der Waals surface area (Å²) in [6.45, 7) is 7.46. The number of thiophene rings is 1. The van der Waals surface area contributed by atoms with E-state index in [1.165, 1.54) is 13.2 Å². The highest BCUT2D eigenvalue weighted by atomic mass is 32.1. The van der Waals surface area contributed by atoms with Crippen molar-refractivity contribution in [1.82, 2.24) is 20.0 Å². The van der Waals surface area contributed by atoms with E-state index in [1.54, 1.807) is 50.2 Å². The molecule has 3 heterocycles. The van der Waals surface area contributed by atoms with Gasteiger partial charge in [-0.2, -0.15) is 4.68 Å². The fourth-order valence-electron chi connectivity index (χ4n) is 4.85. The monoisotopic (exact) mass is 623 g/mol. The minimum atomic E-state index is -1.03. The van der Waals surface area contributed by atoms with Gasteiger partial charge in [-0.3, -0.25) is 14.5 Å². The zero-order valence-electron chi connectivity index (χ0n) is 24.7. The van der Waals surface area contributed by atoms with Crippen molar-refractivity contribution < 1.29 is 33.0 Å². The van der Waals surface area contributed by atoms with E-state index in [0.717, 1.165) is 41.2 Å². The second-order valence-electron chi connectivity index (χ2n) is 10.8. The van der Waals surface area contributed by atoms with Crippen molar-refractivity contribution in [3.05, 3.63) is 82.0 Å². The first-order chi connectivity index (χ1) is 21.2. The van der Waals surface area contributed by atoms with Crippen LogP contribution in [0.3, 0.4) is 0 Å². The molecule has 232 valence electrons. The molecule has 1 aliphatic heterocycles. The van der Waals surface area contributed by atoms with Crippen LogP contribution in [0.5, 0.6) is 0 Å². The Balaban J connectivity index is 1.38. The van der Waals surface area contributed by atoms with E-state index in [-0.39, 0.29) is 23.9 Å². The number of rotatable bonds is 10. The Labute approximate surface area is 257 Å². The maximum Gasteiger partial charge on any atom is 0.436 e. The molecule has 0 radical (unpaired) electrons. The Hall–Kier alpha value is -4.17. The summed E-state index contributed by atoms with van der Waals surface area (Å²) >= 11 is 1.000. The number of halogens is 1. The first-order valence-corrected chi connectivity index (χ1v) is 14.9. The zero-order chi connectivity index (χ0) is 31.3. The Morgan fingerprint density at radius 3 is 2.48 bits per heavy atom. The van der Waals surface area contributed by atoms with E-state index in [9.17, 15) is 18.8 Å². The van der Waals surface area contributed by atoms with Gasteiger partial charge in [0.25, 0.3) is 11.8 Å². The van der Waals surface area contributed by atoms with Gasteiger partial charge in [-0.15, -0.1) is 16.4 Å². The van der Waals surface area contributed by atoms with Crippen LogP contribution in [0.4, 0.5) is 15.0 Å². The average molecular weight is 624 g/mol. The molecule has 0 atom stereocenters. The molecule has 0 unspecified atom stereocenters. The van der Waals surface area contributed by atoms with Crippen molar-refractivity contribution in [3.8, 4) is 0 Å². The van der Waals surface area contributed by atoms with Crippen molar-refractivity contribution in [2.45, 2.75) is 25.9 Å². The number of carbonyl (C=O) groups excluding carboxylic acids is 3. The summed E-state index contributed by atoms with van der Waals surface area (Å²) in [5.41, 5.74) is 0.766. The third kappa shape index (κ3) is 7.13. The molecular weight excluding hydrogens is 589 g/mol. The number of nitrogens with one attached hydrogen (secondary N) is 2. The van der Waals surface area contributed by atoms with Crippen molar-refractivity contribution >= 4 is 45.3 Å². The maximum atomic E-state index is 14.5. The molecule has 13 heteroatoms. The molecule has 0 bridgehead atoms. The fraction of sp³-hybridized carbons (Fsp3) is 0.355. The average Bonchev–Trinajstić information content (AvgIpc) is 3.59. The smallest absolute Gasteiger partial charge is 0.436 e. The van der Waals surface area contributed by atoms with E-state index < -0.39 is 29.3 Å². The molecule has 2 aromatic carbocycles. The number of methoxy groups -OCH3 is 1. The molecule has 4 aromatic rings. The van der Waals surface area contributed by atoms with Gasteiger partial charge in [0, 0.05) is 37.9 Å². The number of ether oxygens (including phenoxy) is 3. The lowest BCUT2D eigenvalue weighted by Gasteiger charge is -2.27. The topological polar surface area (TPSA) is 124 Å². The predicted molar refractivity (Wildman–Crippen MR) is 164 cm³/mol. The van der Waals surface area contributed by atoms with Crippen LogP contribution in [0.1, 0.15) is 45.0 Å². The lowest BCUT2D eigenvalue weighted by atomic mass is 9.93. The Kier molecular flexibility index (Phi) is 9.69. The quantitative estimate of drug-likeness (QED) is 0.246. The standard InChI is InChI=1S/C31H34FN5O6S/c1-31(2,23-6-4-5-7-24(23)32)34-28(39)25-18-22-26(35-37(29(22)44-25)30(40)43-17-16-41-3)33-27(38)21-10-8-20(9-11-21)19-36-12-14-42-15-13-36/h4-11,18H,12-17,19H2,1-3H3,(H,34,39)(H,33,35,38). The highest BCUT2D eigenvalue weighted by Crippen LogP contribution is 2.33. The van der Waals surface area contributed by atoms with Crippen molar-refractivity contribution in [1.29, 1.82) is 0 Å². The number of amides is 2. The molecule has 2 aromatic heterocycles. The third-order valence-electron chi connectivity index (χ3n) is 7.20. The van der Waals surface area contributed by atoms with Gasteiger partial charge >= 0.3 is 6.09 Å². The summed E-state index contributed by atoms with van der Waals surface area (Å²) in [4.78, 5) is 42.3. The van der Waals surface area contributed by atoms with E-state index >= 15 is 0 Å². The SMILES string of the molecule is COCCOC(=O)n1nc(NC(=O)c2ccc(CN3CCOCC3)cc2)c2cc(C(=O)NC(C)(C)c3ccccc3F)sc21. The van der Waals surface area contributed by atoms with Crippen LogP contribution in [-0.4, -0.2) is 79.2 Å². The second kappa shape index (κ2) is 13.6. The van der Waals surface area contributed by atoms with Crippen LogP contribution in [-0.2, 0) is 26.3 Å². The van der Waals surface area contributed by atoms with Crippen LogP contribution in [0.25, 0.3) is 10.2 Å². The number of hydrogen-bond donors (Lipinski definition) is 2. The van der Waals surface area contributed by atoms with E-state index in [2.05, 4.69) is 20.6 Å². The van der Waals surface area contributed by atoms with Crippen LogP contribution in [0, 0.1) is 5.82 Å². The van der Waals surface area contributed by atoms with Gasteiger partial charge in [0.05, 0.1) is 35.6 Å². The number of carbonyl (C=O) groups is 3. The normalized spacial score (nSPS) is 14.0. The van der Waals surface area contributed by atoms with Crippen molar-refractivity contribution in [2.24, 2.45) is 0 Å². The van der Waals surface area contributed by atoms with Gasteiger partial charge in [-0.1, -0.05) is 30.3 Å². The van der Waals surface area contributed by atoms with Crippen LogP contribution >= 0.6 is 11.3 Å². The highest BCUT2D eigenvalue weighted by Gasteiger charge is 2.29. The summed E-state index contributed by atoms with van der Waals surface area (Å²) in [7, 11) is 1.48. The van der Waals surface area contributed by atoms with Gasteiger partial charge in [0.1, 0.15) is 17.3 Å². The fourth-order valence-corrected chi connectivity index (χ4v) is 5.84. The minimum absolute atomic E-state index is 0.00920. The molecule has 11 nitrogen and oxygen atoms in total. The first kappa shape index (κ1) is 31.3. The second-order valence-corrected chi connectivity index (χ2v) is 11.8. The number of benzene rings is 2. The highest BCUT2D eigenvalue weighted by molar-refractivity contribution is 7.20. The number of fused-ring (bicyclic) bond motifs is 1. The van der Waals surface area contributed by atoms with Crippen LogP contribution < -0.4 is 10.6 Å². The predicted octanol–water partition coefficient (Wildman–Crippen LogP) is 4.62. The van der Waals surface area contributed by atoms with Crippen LogP contribution in [0.2, 0.25) is 0 Å². The van der Waals surface area contributed by atoms with Gasteiger partial charge in [-0.05, 0) is 43.7 Å². The minimum Gasteiger partial charge on any atom is -0.445 e. The van der Waals surface area contributed by atoms with E-state index in [0.29, 0.717) is 34.6 Å². The summed E-state index contributed by atoms with van der Waals surface area (Å²) < 4.78 is 31.1. The molecule has 44 heavy (non-hydrogen) atoms. The molecule has 0 aliphatic carbocycles. The molecule has 2 amide bonds. The lowest BCUT2D eigenvalue weighted by molar-refractivity contribution is 0.0342. The number of aromatic nitrogens is 2. The molecule has 1 saturated heterocycles. The Morgan fingerprint density at radius 1 is 1.05 bits per heavy atom. The van der Waals surface area contributed by atoms with Crippen molar-refractivity contribution in [3.63, 3.8) is 0 Å². The van der Waals surface area contributed by atoms with Crippen LogP contribution in [0.15, 0.2) is 54.6 Å². The van der Waals surface area contributed by atoms with E-state index in [1.807, 2.05) is 12.1 Å². The molecule has 2 N–H and O–H groups in total. The summed E-state index contributed by atoms with van der Waals surface area (Å²) in [6.07, 6.45) is -0.791. The molecule has 5 rings (SSSR count). The Bertz CT molecular complexity index is 1640. The molecule has 0 spiro atoms. The number of anilines is 1. The van der Waals surface area contributed by atoms with Gasteiger partial charge < -0.3 is 24.8 Å². The number of nitrogens with zero attached hydrogens (tertiary/aromatic N) is 3. The molecule has 1 fully saturated rings.